The van der Waals surface area contributed by atoms with Crippen LogP contribution in [0, 0.1) is 6.92 Å². The molecule has 2 rings (SSSR count). The Kier molecular flexibility index (Phi) is 5.03. The van der Waals surface area contributed by atoms with Crippen molar-refractivity contribution >= 4 is 17.7 Å². The molecule has 2 N–H and O–H groups in total. The lowest BCUT2D eigenvalue weighted by molar-refractivity contribution is 0.00796. The first-order valence-corrected chi connectivity index (χ1v) is 8.06. The highest BCUT2D eigenvalue weighted by Crippen LogP contribution is 2.33. The minimum absolute atomic E-state index is 0.0861. The molecule has 1 aromatic rings. The lowest BCUT2D eigenvalue weighted by Crippen LogP contribution is -2.46. The number of rotatable bonds is 1. The summed E-state index contributed by atoms with van der Waals surface area (Å²) in [5.41, 5.74) is 7.70. The van der Waals surface area contributed by atoms with Gasteiger partial charge in [-0.3, -0.25) is 0 Å². The van der Waals surface area contributed by atoms with E-state index in [0.717, 1.165) is 24.0 Å². The van der Waals surface area contributed by atoms with E-state index in [-0.39, 0.29) is 18.2 Å². The average molecular weight is 325 g/mol. The number of hydrogen-bond acceptors (Lipinski definition) is 3. The van der Waals surface area contributed by atoms with Gasteiger partial charge < -0.3 is 15.4 Å². The van der Waals surface area contributed by atoms with Gasteiger partial charge in [-0.1, -0.05) is 17.7 Å². The van der Waals surface area contributed by atoms with Gasteiger partial charge in [0.2, 0.25) is 0 Å². The van der Waals surface area contributed by atoms with Crippen LogP contribution < -0.4 is 5.73 Å². The molecule has 1 aliphatic rings. The number of amides is 1. The zero-order valence-electron chi connectivity index (χ0n) is 13.7. The number of halogens is 1. The van der Waals surface area contributed by atoms with E-state index in [1.54, 1.807) is 4.90 Å². The topological polar surface area (TPSA) is 55.6 Å². The summed E-state index contributed by atoms with van der Waals surface area (Å²) in [5, 5.41) is 0.679. The van der Waals surface area contributed by atoms with Crippen LogP contribution in [0.25, 0.3) is 0 Å². The lowest BCUT2D eigenvalue weighted by atomic mass is 9.92. The maximum atomic E-state index is 12.5. The van der Waals surface area contributed by atoms with Gasteiger partial charge in [-0.2, -0.15) is 0 Å². The smallest absolute Gasteiger partial charge is 0.410 e. The summed E-state index contributed by atoms with van der Waals surface area (Å²) in [6, 6.07) is 5.88. The second-order valence-electron chi connectivity index (χ2n) is 7.04. The molecule has 1 heterocycles. The van der Waals surface area contributed by atoms with E-state index in [9.17, 15) is 4.79 Å². The van der Waals surface area contributed by atoms with Gasteiger partial charge in [0.05, 0.1) is 6.04 Å². The van der Waals surface area contributed by atoms with E-state index < -0.39 is 5.60 Å². The van der Waals surface area contributed by atoms with Crippen LogP contribution in [0.15, 0.2) is 18.2 Å². The number of benzene rings is 1. The number of hydrogen-bond donors (Lipinski definition) is 1. The monoisotopic (exact) mass is 324 g/mol. The van der Waals surface area contributed by atoms with Crippen LogP contribution in [-0.2, 0) is 4.74 Å². The average Bonchev–Trinajstić information content (AvgIpc) is 2.35. The first-order valence-electron chi connectivity index (χ1n) is 7.68. The molecule has 0 aliphatic carbocycles. The number of nitrogens with zero attached hydrogens (tertiary/aromatic N) is 1. The second kappa shape index (κ2) is 6.47. The number of nitrogens with two attached hydrogens (primary N) is 1. The Morgan fingerprint density at radius 1 is 1.36 bits per heavy atom. The minimum Gasteiger partial charge on any atom is -0.444 e. The maximum Gasteiger partial charge on any atom is 0.410 e. The Morgan fingerprint density at radius 3 is 2.64 bits per heavy atom. The van der Waals surface area contributed by atoms with Gasteiger partial charge >= 0.3 is 6.09 Å². The van der Waals surface area contributed by atoms with Crippen molar-refractivity contribution in [3.8, 4) is 0 Å². The molecular weight excluding hydrogens is 300 g/mol. The van der Waals surface area contributed by atoms with Crippen molar-refractivity contribution in [2.75, 3.05) is 6.54 Å². The molecule has 0 radical (unpaired) electrons. The van der Waals surface area contributed by atoms with Gasteiger partial charge in [0, 0.05) is 17.6 Å². The van der Waals surface area contributed by atoms with Crippen LogP contribution in [0.4, 0.5) is 4.79 Å². The lowest BCUT2D eigenvalue weighted by Gasteiger charge is -2.39. The maximum absolute atomic E-state index is 12.5. The molecule has 1 aliphatic heterocycles. The van der Waals surface area contributed by atoms with Crippen LogP contribution in [-0.4, -0.2) is 29.2 Å². The first kappa shape index (κ1) is 17.1. The van der Waals surface area contributed by atoms with Crippen LogP contribution in [0.3, 0.4) is 0 Å². The Labute approximate surface area is 137 Å². The molecule has 0 saturated carbocycles. The number of likely N-dealkylation sites (tertiary alicyclic amines) is 1. The molecule has 1 amide bonds. The molecule has 1 fully saturated rings. The first-order chi connectivity index (χ1) is 10.2. The van der Waals surface area contributed by atoms with Crippen molar-refractivity contribution in [2.24, 2.45) is 5.73 Å². The SMILES string of the molecule is Cc1cc(Cl)cc(C2CC(N)CCN2C(=O)OC(C)(C)C)c1. The summed E-state index contributed by atoms with van der Waals surface area (Å²) in [4.78, 5) is 14.3. The predicted octanol–water partition coefficient (Wildman–Crippen LogP) is 4.05. The number of carbonyl (C=O) groups excluding carboxylic acids is 1. The largest absolute Gasteiger partial charge is 0.444 e. The Balaban J connectivity index is 2.29. The van der Waals surface area contributed by atoms with Crippen molar-refractivity contribution in [1.82, 2.24) is 4.90 Å². The zero-order valence-corrected chi connectivity index (χ0v) is 14.5. The zero-order chi connectivity index (χ0) is 16.5. The van der Waals surface area contributed by atoms with Crippen molar-refractivity contribution < 1.29 is 9.53 Å². The van der Waals surface area contributed by atoms with E-state index in [1.807, 2.05) is 39.8 Å². The fraction of sp³-hybridized carbons (Fsp3) is 0.588. The Bertz CT molecular complexity index is 534. The molecule has 2 unspecified atom stereocenters. The molecule has 0 spiro atoms. The Morgan fingerprint density at radius 2 is 2.05 bits per heavy atom. The third-order valence-electron chi connectivity index (χ3n) is 3.72. The highest BCUT2D eigenvalue weighted by Gasteiger charge is 2.34. The number of piperidine rings is 1. The van der Waals surface area contributed by atoms with Crippen molar-refractivity contribution in [3.63, 3.8) is 0 Å². The van der Waals surface area contributed by atoms with Gasteiger partial charge in [0.15, 0.2) is 0 Å². The van der Waals surface area contributed by atoms with Gasteiger partial charge in [-0.15, -0.1) is 0 Å². The van der Waals surface area contributed by atoms with Gasteiger partial charge in [0.1, 0.15) is 5.60 Å². The van der Waals surface area contributed by atoms with E-state index in [2.05, 4.69) is 6.07 Å². The third-order valence-corrected chi connectivity index (χ3v) is 3.94. The van der Waals surface area contributed by atoms with Crippen LogP contribution in [0.5, 0.6) is 0 Å². The second-order valence-corrected chi connectivity index (χ2v) is 7.47. The quantitative estimate of drug-likeness (QED) is 0.848. The fourth-order valence-electron chi connectivity index (χ4n) is 2.80. The standard InChI is InChI=1S/C17H25ClN2O2/c1-11-7-12(9-13(18)8-11)15-10-14(19)5-6-20(15)16(21)22-17(2,3)4/h7-9,14-15H,5-6,10,19H2,1-4H3. The molecule has 122 valence electrons. The van der Waals surface area contributed by atoms with Crippen LogP contribution in [0.1, 0.15) is 50.8 Å². The van der Waals surface area contributed by atoms with Gasteiger partial charge in [0.25, 0.3) is 0 Å². The number of ether oxygens (including phenoxy) is 1. The molecule has 1 saturated heterocycles. The molecule has 2 atom stereocenters. The molecular formula is C17H25ClN2O2. The molecule has 0 bridgehead atoms. The van der Waals surface area contributed by atoms with E-state index >= 15 is 0 Å². The van der Waals surface area contributed by atoms with Crippen molar-refractivity contribution in [2.45, 2.75) is 58.2 Å². The van der Waals surface area contributed by atoms with Crippen molar-refractivity contribution in [1.29, 1.82) is 0 Å². The summed E-state index contributed by atoms with van der Waals surface area (Å²) in [7, 11) is 0. The third kappa shape index (κ3) is 4.37. The van der Waals surface area contributed by atoms with Gasteiger partial charge in [-0.25, -0.2) is 4.79 Å². The number of aryl methyl sites for hydroxylation is 1. The van der Waals surface area contributed by atoms with Crippen molar-refractivity contribution in [3.05, 3.63) is 34.3 Å². The normalized spacial score (nSPS) is 22.5. The van der Waals surface area contributed by atoms with E-state index in [1.165, 1.54) is 0 Å². The highest BCUT2D eigenvalue weighted by atomic mass is 35.5. The minimum atomic E-state index is -0.508. The summed E-state index contributed by atoms with van der Waals surface area (Å²) < 4.78 is 5.54. The summed E-state index contributed by atoms with van der Waals surface area (Å²) >= 11 is 6.17. The van der Waals surface area contributed by atoms with Crippen LogP contribution in [0.2, 0.25) is 5.02 Å². The van der Waals surface area contributed by atoms with Gasteiger partial charge in [-0.05, 0) is 63.8 Å². The highest BCUT2D eigenvalue weighted by molar-refractivity contribution is 6.30. The van der Waals surface area contributed by atoms with Crippen LogP contribution >= 0.6 is 11.6 Å². The molecule has 5 heteroatoms. The predicted molar refractivity (Wildman–Crippen MR) is 89.1 cm³/mol. The van der Waals surface area contributed by atoms with E-state index in [0.29, 0.717) is 11.6 Å². The summed E-state index contributed by atoms with van der Waals surface area (Å²) in [6.07, 6.45) is 1.22. The Hall–Kier alpha value is -1.26. The molecule has 0 aromatic heterocycles. The fourth-order valence-corrected chi connectivity index (χ4v) is 3.10. The summed E-state index contributed by atoms with van der Waals surface area (Å²) in [5.74, 6) is 0. The van der Waals surface area contributed by atoms with E-state index in [4.69, 9.17) is 22.1 Å². The molecule has 1 aromatic carbocycles. The molecule has 22 heavy (non-hydrogen) atoms. The summed E-state index contributed by atoms with van der Waals surface area (Å²) in [6.45, 7) is 8.22. The molecule has 4 nitrogen and oxygen atoms in total. The number of carbonyl (C=O) groups is 1.